The molecule has 1 unspecified atom stereocenters. The van der Waals surface area contributed by atoms with Gasteiger partial charge in [0.05, 0.1) is 0 Å². The first-order chi connectivity index (χ1) is 13.3. The minimum absolute atomic E-state index is 0.146. The van der Waals surface area contributed by atoms with Gasteiger partial charge in [0.15, 0.2) is 0 Å². The molecule has 2 fully saturated rings. The van der Waals surface area contributed by atoms with E-state index >= 15 is 0 Å². The minimum Gasteiger partial charge on any atom is -0.354 e. The van der Waals surface area contributed by atoms with Crippen LogP contribution in [0.25, 0.3) is 0 Å². The number of urea groups is 1. The summed E-state index contributed by atoms with van der Waals surface area (Å²) >= 11 is 5.88. The number of imide groups is 1. The Kier molecular flexibility index (Phi) is 5.88. The Morgan fingerprint density at radius 3 is 2.61 bits per heavy atom. The molecule has 1 aromatic rings. The Hall–Kier alpha value is -2.61. The maximum atomic E-state index is 12.8. The predicted molar refractivity (Wildman–Crippen MR) is 102 cm³/mol. The molecule has 1 atom stereocenters. The smallest absolute Gasteiger partial charge is 0.325 e. The third-order valence-electron chi connectivity index (χ3n) is 5.10. The molecule has 2 heterocycles. The van der Waals surface area contributed by atoms with Crippen LogP contribution in [0, 0.1) is 0 Å². The third-order valence-corrected chi connectivity index (χ3v) is 5.35. The largest absolute Gasteiger partial charge is 0.354 e. The topological polar surface area (TPSA) is 98.8 Å². The lowest BCUT2D eigenvalue weighted by molar-refractivity contribution is -0.134. The van der Waals surface area contributed by atoms with E-state index in [9.17, 15) is 19.2 Å². The summed E-state index contributed by atoms with van der Waals surface area (Å²) in [6.45, 7) is 2.98. The highest BCUT2D eigenvalue weighted by Crippen LogP contribution is 2.29. The normalized spacial score (nSPS) is 22.0. The van der Waals surface area contributed by atoms with Gasteiger partial charge in [-0.2, -0.15) is 0 Å². The third kappa shape index (κ3) is 4.11. The van der Waals surface area contributed by atoms with Crippen LogP contribution in [0.5, 0.6) is 0 Å². The van der Waals surface area contributed by atoms with E-state index in [-0.39, 0.29) is 12.5 Å². The van der Waals surface area contributed by atoms with E-state index in [1.54, 1.807) is 36.1 Å². The van der Waals surface area contributed by atoms with Crippen LogP contribution in [0.2, 0.25) is 5.02 Å². The van der Waals surface area contributed by atoms with Gasteiger partial charge in [-0.1, -0.05) is 23.7 Å². The molecule has 2 aliphatic rings. The van der Waals surface area contributed by atoms with E-state index in [0.717, 1.165) is 17.9 Å². The minimum atomic E-state index is -1.24. The Bertz CT molecular complexity index is 798. The van der Waals surface area contributed by atoms with Gasteiger partial charge in [0.25, 0.3) is 5.91 Å². The molecule has 9 heteroatoms. The van der Waals surface area contributed by atoms with Gasteiger partial charge in [0.1, 0.15) is 12.1 Å². The fraction of sp³-hybridized carbons (Fsp3) is 0.474. The fourth-order valence-electron chi connectivity index (χ4n) is 3.46. The van der Waals surface area contributed by atoms with Crippen molar-refractivity contribution in [1.82, 2.24) is 20.4 Å². The number of carbonyl (C=O) groups excluding carboxylic acids is 4. The van der Waals surface area contributed by atoms with E-state index < -0.39 is 23.4 Å². The quantitative estimate of drug-likeness (QED) is 0.525. The highest BCUT2D eigenvalue weighted by Gasteiger charge is 2.49. The summed E-state index contributed by atoms with van der Waals surface area (Å²) in [7, 11) is 0. The number of nitrogens with zero attached hydrogens (tertiary/aromatic N) is 2. The van der Waals surface area contributed by atoms with Crippen LogP contribution < -0.4 is 10.6 Å². The summed E-state index contributed by atoms with van der Waals surface area (Å²) < 4.78 is 0. The molecule has 0 saturated carbocycles. The van der Waals surface area contributed by atoms with E-state index in [2.05, 4.69) is 10.6 Å². The highest BCUT2D eigenvalue weighted by molar-refractivity contribution is 6.30. The zero-order valence-electron chi connectivity index (χ0n) is 15.7. The summed E-state index contributed by atoms with van der Waals surface area (Å²) in [6.07, 6.45) is 2.09. The van der Waals surface area contributed by atoms with Gasteiger partial charge in [-0.25, -0.2) is 4.79 Å². The maximum Gasteiger partial charge on any atom is 0.325 e. The number of likely N-dealkylation sites (tertiary alicyclic amines) is 1. The first-order valence-corrected chi connectivity index (χ1v) is 9.63. The Labute approximate surface area is 168 Å². The number of rotatable bonds is 7. The van der Waals surface area contributed by atoms with Crippen molar-refractivity contribution < 1.29 is 19.2 Å². The van der Waals surface area contributed by atoms with Crippen molar-refractivity contribution in [3.8, 4) is 0 Å². The lowest BCUT2D eigenvalue weighted by Gasteiger charge is -2.22. The van der Waals surface area contributed by atoms with Gasteiger partial charge in [-0.15, -0.1) is 0 Å². The molecule has 8 nitrogen and oxygen atoms in total. The molecule has 0 aromatic heterocycles. The van der Waals surface area contributed by atoms with E-state index in [1.165, 1.54) is 0 Å². The summed E-state index contributed by atoms with van der Waals surface area (Å²) in [6, 6.07) is 6.01. The number of carbonyl (C=O) groups is 4. The van der Waals surface area contributed by atoms with Gasteiger partial charge < -0.3 is 15.5 Å². The number of amides is 5. The Balaban J connectivity index is 1.51. The van der Waals surface area contributed by atoms with E-state index in [0.29, 0.717) is 36.5 Å². The molecule has 0 radical (unpaired) electrons. The summed E-state index contributed by atoms with van der Waals surface area (Å²) in [4.78, 5) is 51.4. The van der Waals surface area contributed by atoms with E-state index in [1.807, 2.05) is 0 Å². The predicted octanol–water partition coefficient (Wildman–Crippen LogP) is 1.24. The summed E-state index contributed by atoms with van der Waals surface area (Å²) in [5.41, 5.74) is -0.647. The molecule has 28 heavy (non-hydrogen) atoms. The zero-order chi connectivity index (χ0) is 20.3. The number of hydrogen-bond acceptors (Lipinski definition) is 4. The zero-order valence-corrected chi connectivity index (χ0v) is 16.4. The second-order valence-electron chi connectivity index (χ2n) is 7.14. The van der Waals surface area contributed by atoms with E-state index in [4.69, 9.17) is 11.6 Å². The number of hydrogen-bond donors (Lipinski definition) is 2. The molecule has 2 N–H and O–H groups in total. The summed E-state index contributed by atoms with van der Waals surface area (Å²) in [5, 5.41) is 5.87. The molecule has 150 valence electrons. The monoisotopic (exact) mass is 406 g/mol. The molecule has 3 rings (SSSR count). The molecule has 1 aromatic carbocycles. The van der Waals surface area contributed by atoms with Gasteiger partial charge in [0, 0.05) is 31.1 Å². The summed E-state index contributed by atoms with van der Waals surface area (Å²) in [5.74, 6) is -0.763. The van der Waals surface area contributed by atoms with Crippen LogP contribution in [0.1, 0.15) is 31.7 Å². The van der Waals surface area contributed by atoms with Crippen molar-refractivity contribution >= 4 is 35.4 Å². The van der Waals surface area contributed by atoms with Crippen molar-refractivity contribution in [3.05, 3.63) is 34.9 Å². The highest BCUT2D eigenvalue weighted by atomic mass is 35.5. The first-order valence-electron chi connectivity index (χ1n) is 9.26. The van der Waals surface area contributed by atoms with Crippen molar-refractivity contribution in [1.29, 1.82) is 0 Å². The molecule has 0 bridgehead atoms. The van der Waals surface area contributed by atoms with Crippen molar-refractivity contribution in [2.45, 2.75) is 31.7 Å². The molecule has 5 amide bonds. The molecule has 2 saturated heterocycles. The lowest BCUT2D eigenvalue weighted by Crippen LogP contribution is -2.43. The standard InChI is InChI=1S/C19H23ClN4O4/c1-19(13-5-7-14(20)8-6-13)17(27)24(18(28)22-19)12-15(25)21-9-3-11-23-10-2-4-16(23)26/h5-8H,2-4,9-12H2,1H3,(H,21,25)(H,22,28). The van der Waals surface area contributed by atoms with Crippen LogP contribution in [0.3, 0.4) is 0 Å². The molecule has 2 aliphatic heterocycles. The average Bonchev–Trinajstić information content (AvgIpc) is 3.16. The first kappa shape index (κ1) is 20.1. The van der Waals surface area contributed by atoms with Crippen molar-refractivity contribution in [3.63, 3.8) is 0 Å². The van der Waals surface area contributed by atoms with Crippen molar-refractivity contribution in [2.24, 2.45) is 0 Å². The molecular weight excluding hydrogens is 384 g/mol. The second kappa shape index (κ2) is 8.18. The molecule has 0 aliphatic carbocycles. The van der Waals surface area contributed by atoms with Crippen LogP contribution in [-0.2, 0) is 19.9 Å². The number of halogens is 1. The van der Waals surface area contributed by atoms with Crippen LogP contribution in [0.15, 0.2) is 24.3 Å². The van der Waals surface area contributed by atoms with Crippen LogP contribution >= 0.6 is 11.6 Å². The Morgan fingerprint density at radius 2 is 1.96 bits per heavy atom. The van der Waals surface area contributed by atoms with Gasteiger partial charge in [0.2, 0.25) is 11.8 Å². The lowest BCUT2D eigenvalue weighted by atomic mass is 9.92. The van der Waals surface area contributed by atoms with Crippen LogP contribution in [-0.4, -0.2) is 59.7 Å². The van der Waals surface area contributed by atoms with Crippen molar-refractivity contribution in [2.75, 3.05) is 26.2 Å². The molecular formula is C19H23ClN4O4. The fourth-order valence-corrected chi connectivity index (χ4v) is 3.58. The average molecular weight is 407 g/mol. The van der Waals surface area contributed by atoms with Gasteiger partial charge in [-0.3, -0.25) is 19.3 Å². The number of nitrogens with one attached hydrogen (secondary N) is 2. The molecule has 0 spiro atoms. The number of benzene rings is 1. The van der Waals surface area contributed by atoms with Crippen LogP contribution in [0.4, 0.5) is 4.79 Å². The Morgan fingerprint density at radius 1 is 1.25 bits per heavy atom. The SMILES string of the molecule is CC1(c2ccc(Cl)cc2)NC(=O)N(CC(=O)NCCCN2CCCC2=O)C1=O. The van der Waals surface area contributed by atoms with Gasteiger partial charge >= 0.3 is 6.03 Å². The maximum absolute atomic E-state index is 12.8. The van der Waals surface area contributed by atoms with Gasteiger partial charge in [-0.05, 0) is 37.5 Å². The second-order valence-corrected chi connectivity index (χ2v) is 7.58.